The quantitative estimate of drug-likeness (QED) is 0.771. The number of ketones is 1. The first kappa shape index (κ1) is 14.4. The summed E-state index contributed by atoms with van der Waals surface area (Å²) in [4.78, 5) is 13.3. The van der Waals surface area contributed by atoms with E-state index in [2.05, 4.69) is 32.0 Å². The second kappa shape index (κ2) is 6.93. The fourth-order valence-electron chi connectivity index (χ4n) is 1.80. The van der Waals surface area contributed by atoms with Crippen LogP contribution < -0.4 is 0 Å². The van der Waals surface area contributed by atoms with Gasteiger partial charge in [-0.1, -0.05) is 18.2 Å². The molecular formula is C15H20N2O. The number of carbonyl (C=O) groups excluding carboxylic acids is 1. The number of aryl methyl sites for hydroxylation is 2. The maximum absolute atomic E-state index is 11.3. The third kappa shape index (κ3) is 4.68. The monoisotopic (exact) mass is 244 g/mol. The lowest BCUT2D eigenvalue weighted by atomic mass is 10.0. The van der Waals surface area contributed by atoms with Gasteiger partial charge in [-0.3, -0.25) is 9.69 Å². The van der Waals surface area contributed by atoms with Crippen LogP contribution in [0.5, 0.6) is 0 Å². The fourth-order valence-corrected chi connectivity index (χ4v) is 1.80. The Bertz CT molecular complexity index is 460. The summed E-state index contributed by atoms with van der Waals surface area (Å²) in [5.74, 6) is -0.0138. The van der Waals surface area contributed by atoms with E-state index in [-0.39, 0.29) is 12.2 Å². The molecule has 3 nitrogen and oxygen atoms in total. The van der Waals surface area contributed by atoms with Crippen molar-refractivity contribution in [1.29, 1.82) is 5.26 Å². The van der Waals surface area contributed by atoms with Crippen molar-refractivity contribution < 1.29 is 4.79 Å². The molecule has 0 N–H and O–H groups in total. The van der Waals surface area contributed by atoms with Crippen LogP contribution >= 0.6 is 0 Å². The zero-order chi connectivity index (χ0) is 13.5. The van der Waals surface area contributed by atoms with E-state index >= 15 is 0 Å². The van der Waals surface area contributed by atoms with Crippen molar-refractivity contribution in [3.05, 3.63) is 34.9 Å². The van der Waals surface area contributed by atoms with E-state index in [0.717, 1.165) is 13.0 Å². The molecule has 0 radical (unpaired) electrons. The Balaban J connectivity index is 2.42. The molecule has 0 saturated carbocycles. The van der Waals surface area contributed by atoms with Gasteiger partial charge in [0.15, 0.2) is 5.78 Å². The highest BCUT2D eigenvalue weighted by Gasteiger charge is 2.06. The van der Waals surface area contributed by atoms with Gasteiger partial charge in [0.2, 0.25) is 0 Å². The van der Waals surface area contributed by atoms with Crippen LogP contribution in [0.3, 0.4) is 0 Å². The first-order valence-corrected chi connectivity index (χ1v) is 6.16. The minimum absolute atomic E-state index is 0.00792. The summed E-state index contributed by atoms with van der Waals surface area (Å²) in [6.45, 7) is 5.41. The smallest absolute Gasteiger partial charge is 0.160 e. The van der Waals surface area contributed by atoms with Gasteiger partial charge >= 0.3 is 0 Å². The van der Waals surface area contributed by atoms with Crippen molar-refractivity contribution in [2.45, 2.75) is 26.7 Å². The second-order valence-electron chi connectivity index (χ2n) is 4.78. The molecule has 0 aliphatic carbocycles. The summed E-state index contributed by atoms with van der Waals surface area (Å²) < 4.78 is 0. The van der Waals surface area contributed by atoms with Crippen LogP contribution in [-0.2, 0) is 11.2 Å². The van der Waals surface area contributed by atoms with E-state index in [4.69, 9.17) is 5.26 Å². The number of nitriles is 1. The lowest BCUT2D eigenvalue weighted by Crippen LogP contribution is -2.27. The predicted octanol–water partition coefficient (Wildman–Crippen LogP) is 2.26. The lowest BCUT2D eigenvalue weighted by molar-refractivity contribution is -0.118. The molecule has 1 aromatic rings. The average molecular weight is 244 g/mol. The standard InChI is InChI=1S/C15H20N2O/c1-12-4-5-14(10-13(12)2)7-9-17(3)11-15(18)6-8-16/h4-5,10H,6-7,9,11H2,1-3H3. The van der Waals surface area contributed by atoms with Crippen LogP contribution in [0.15, 0.2) is 18.2 Å². The van der Waals surface area contributed by atoms with Crippen LogP contribution in [0, 0.1) is 25.2 Å². The lowest BCUT2D eigenvalue weighted by Gasteiger charge is -2.15. The molecule has 0 fully saturated rings. The van der Waals surface area contributed by atoms with Crippen LogP contribution in [0.4, 0.5) is 0 Å². The van der Waals surface area contributed by atoms with Crippen molar-refractivity contribution in [3.63, 3.8) is 0 Å². The van der Waals surface area contributed by atoms with E-state index in [1.807, 2.05) is 18.0 Å². The van der Waals surface area contributed by atoms with E-state index in [1.54, 1.807) is 0 Å². The van der Waals surface area contributed by atoms with E-state index in [9.17, 15) is 4.79 Å². The summed E-state index contributed by atoms with van der Waals surface area (Å²) in [6, 6.07) is 8.34. The topological polar surface area (TPSA) is 44.1 Å². The van der Waals surface area contributed by atoms with Gasteiger partial charge in [0.1, 0.15) is 0 Å². The van der Waals surface area contributed by atoms with Crippen LogP contribution in [0.1, 0.15) is 23.1 Å². The number of likely N-dealkylation sites (N-methyl/N-ethyl adjacent to an activating group) is 1. The minimum Gasteiger partial charge on any atom is -0.299 e. The first-order chi connectivity index (χ1) is 8.52. The van der Waals surface area contributed by atoms with Gasteiger partial charge < -0.3 is 0 Å². The van der Waals surface area contributed by atoms with Crippen LogP contribution in [0.25, 0.3) is 0 Å². The normalized spacial score (nSPS) is 10.4. The molecule has 1 rings (SSSR count). The molecule has 0 unspecified atom stereocenters. The molecule has 0 aliphatic heterocycles. The minimum atomic E-state index is -0.0138. The maximum Gasteiger partial charge on any atom is 0.160 e. The summed E-state index contributed by atoms with van der Waals surface area (Å²) in [7, 11) is 1.91. The molecule has 0 aromatic heterocycles. The van der Waals surface area contributed by atoms with Crippen LogP contribution in [-0.4, -0.2) is 30.8 Å². The molecule has 0 heterocycles. The van der Waals surface area contributed by atoms with Crippen molar-refractivity contribution in [2.75, 3.05) is 20.1 Å². The van der Waals surface area contributed by atoms with Gasteiger partial charge in [0.25, 0.3) is 0 Å². The number of carbonyl (C=O) groups is 1. The number of benzene rings is 1. The number of hydrogen-bond donors (Lipinski definition) is 0. The summed E-state index contributed by atoms with van der Waals surface area (Å²) in [5.41, 5.74) is 3.89. The molecule has 0 aliphatic rings. The Kier molecular flexibility index (Phi) is 5.54. The van der Waals surface area contributed by atoms with Gasteiger partial charge in [0, 0.05) is 6.54 Å². The summed E-state index contributed by atoms with van der Waals surface area (Å²) in [6.07, 6.45) is 0.936. The van der Waals surface area contributed by atoms with Crippen LogP contribution in [0.2, 0.25) is 0 Å². The molecular weight excluding hydrogens is 224 g/mol. The van der Waals surface area contributed by atoms with E-state index in [1.165, 1.54) is 16.7 Å². The SMILES string of the molecule is Cc1ccc(CCN(C)CC(=O)CC#N)cc1C. The Morgan fingerprint density at radius 2 is 2.06 bits per heavy atom. The van der Waals surface area contributed by atoms with Crippen molar-refractivity contribution in [1.82, 2.24) is 4.90 Å². The number of nitrogens with zero attached hydrogens (tertiary/aromatic N) is 2. The highest BCUT2D eigenvalue weighted by molar-refractivity contribution is 5.82. The molecule has 96 valence electrons. The van der Waals surface area contributed by atoms with E-state index < -0.39 is 0 Å². The van der Waals surface area contributed by atoms with Crippen molar-refractivity contribution in [3.8, 4) is 6.07 Å². The number of hydrogen-bond acceptors (Lipinski definition) is 3. The Morgan fingerprint density at radius 1 is 1.33 bits per heavy atom. The largest absolute Gasteiger partial charge is 0.299 e. The van der Waals surface area contributed by atoms with E-state index in [0.29, 0.717) is 6.54 Å². The zero-order valence-corrected chi connectivity index (χ0v) is 11.4. The average Bonchev–Trinajstić information content (AvgIpc) is 2.31. The predicted molar refractivity (Wildman–Crippen MR) is 72.4 cm³/mol. The fraction of sp³-hybridized carbons (Fsp3) is 0.467. The van der Waals surface area contributed by atoms with Gasteiger partial charge in [-0.05, 0) is 44.0 Å². The van der Waals surface area contributed by atoms with Gasteiger partial charge in [0.05, 0.1) is 19.0 Å². The number of Topliss-reactive ketones (excluding diaryl/α,β-unsaturated/α-hetero) is 1. The molecule has 0 saturated heterocycles. The van der Waals surface area contributed by atoms with Gasteiger partial charge in [-0.15, -0.1) is 0 Å². The highest BCUT2D eigenvalue weighted by atomic mass is 16.1. The molecule has 0 bridgehead atoms. The van der Waals surface area contributed by atoms with Crippen molar-refractivity contribution >= 4 is 5.78 Å². The molecule has 0 amide bonds. The molecule has 0 spiro atoms. The first-order valence-electron chi connectivity index (χ1n) is 6.16. The number of rotatable bonds is 6. The molecule has 0 atom stereocenters. The van der Waals surface area contributed by atoms with Gasteiger partial charge in [-0.2, -0.15) is 5.26 Å². The molecule has 1 aromatic carbocycles. The third-order valence-electron chi connectivity index (χ3n) is 3.08. The third-order valence-corrected chi connectivity index (χ3v) is 3.08. The maximum atomic E-state index is 11.3. The zero-order valence-electron chi connectivity index (χ0n) is 11.4. The molecule has 3 heteroatoms. The Morgan fingerprint density at radius 3 is 2.67 bits per heavy atom. The summed E-state index contributed by atoms with van der Waals surface area (Å²) >= 11 is 0. The molecule has 18 heavy (non-hydrogen) atoms. The Hall–Kier alpha value is -1.66. The summed E-state index contributed by atoms with van der Waals surface area (Å²) in [5, 5.41) is 8.42. The van der Waals surface area contributed by atoms with Crippen molar-refractivity contribution in [2.24, 2.45) is 0 Å². The Labute approximate surface area is 109 Å². The highest BCUT2D eigenvalue weighted by Crippen LogP contribution is 2.10. The second-order valence-corrected chi connectivity index (χ2v) is 4.78. The van der Waals surface area contributed by atoms with Gasteiger partial charge in [-0.25, -0.2) is 0 Å².